The zero-order chi connectivity index (χ0) is 13.5. The summed E-state index contributed by atoms with van der Waals surface area (Å²) in [4.78, 5) is 12.1. The predicted octanol–water partition coefficient (Wildman–Crippen LogP) is 4.63. The molecule has 0 saturated carbocycles. The van der Waals surface area contributed by atoms with E-state index in [0.29, 0.717) is 17.6 Å². The first-order chi connectivity index (χ1) is 9.27. The van der Waals surface area contributed by atoms with Gasteiger partial charge in [0.05, 0.1) is 0 Å². The van der Waals surface area contributed by atoms with Gasteiger partial charge in [-0.25, -0.2) is 0 Å². The van der Waals surface area contributed by atoms with E-state index < -0.39 is 0 Å². The molecular weight excluding hydrogens is 232 g/mol. The quantitative estimate of drug-likeness (QED) is 0.656. The molecule has 3 atom stereocenters. The maximum atomic E-state index is 12.1. The van der Waals surface area contributed by atoms with Crippen LogP contribution >= 0.6 is 0 Å². The fraction of sp³-hybridized carbons (Fsp3) is 0.500. The highest BCUT2D eigenvalue weighted by atomic mass is 16.1. The average molecular weight is 256 g/mol. The Balaban J connectivity index is 1.78. The molecule has 0 spiro atoms. The van der Waals surface area contributed by atoms with E-state index in [-0.39, 0.29) is 5.92 Å². The lowest BCUT2D eigenvalue weighted by molar-refractivity contribution is -0.121. The number of ketones is 1. The normalized spacial score (nSPS) is 27.2. The van der Waals surface area contributed by atoms with Crippen molar-refractivity contribution in [3.63, 3.8) is 0 Å². The highest BCUT2D eigenvalue weighted by Gasteiger charge is 2.19. The van der Waals surface area contributed by atoms with Crippen LogP contribution < -0.4 is 0 Å². The Kier molecular flexibility index (Phi) is 5.38. The van der Waals surface area contributed by atoms with Gasteiger partial charge in [0.25, 0.3) is 0 Å². The summed E-state index contributed by atoms with van der Waals surface area (Å²) in [6, 6.07) is 0. The molecule has 0 aromatic rings. The van der Waals surface area contributed by atoms with Gasteiger partial charge in [0, 0.05) is 12.3 Å². The third-order valence-electron chi connectivity index (χ3n) is 4.20. The van der Waals surface area contributed by atoms with Crippen molar-refractivity contribution < 1.29 is 4.79 Å². The molecular formula is C18H24O. The molecule has 0 heterocycles. The van der Waals surface area contributed by atoms with Gasteiger partial charge in [-0.2, -0.15) is 0 Å². The molecule has 0 amide bonds. The lowest BCUT2D eigenvalue weighted by Gasteiger charge is -2.20. The molecule has 1 heteroatoms. The van der Waals surface area contributed by atoms with Crippen molar-refractivity contribution in [1.82, 2.24) is 0 Å². The summed E-state index contributed by atoms with van der Waals surface area (Å²) in [6.07, 6.45) is 22.0. The minimum atomic E-state index is 0.127. The van der Waals surface area contributed by atoms with Crippen LogP contribution in [0.2, 0.25) is 0 Å². The van der Waals surface area contributed by atoms with Crippen molar-refractivity contribution in [1.29, 1.82) is 0 Å². The second kappa shape index (κ2) is 7.28. The molecule has 0 N–H and O–H groups in total. The average Bonchev–Trinajstić information content (AvgIpc) is 2.74. The van der Waals surface area contributed by atoms with Gasteiger partial charge in [0.2, 0.25) is 0 Å². The maximum Gasteiger partial charge on any atom is 0.140 e. The molecule has 0 aromatic heterocycles. The zero-order valence-corrected chi connectivity index (χ0v) is 11.8. The van der Waals surface area contributed by atoms with Crippen molar-refractivity contribution in [2.45, 2.75) is 39.0 Å². The predicted molar refractivity (Wildman–Crippen MR) is 80.8 cm³/mol. The highest BCUT2D eigenvalue weighted by Crippen LogP contribution is 2.26. The number of allylic oxidation sites excluding steroid dienone is 8. The lowest BCUT2D eigenvalue weighted by atomic mass is 9.85. The Morgan fingerprint density at radius 1 is 1.11 bits per heavy atom. The van der Waals surface area contributed by atoms with Crippen LogP contribution in [-0.4, -0.2) is 5.78 Å². The highest BCUT2D eigenvalue weighted by molar-refractivity contribution is 5.83. The van der Waals surface area contributed by atoms with Crippen molar-refractivity contribution in [2.24, 2.45) is 17.8 Å². The molecule has 0 aromatic carbocycles. The summed E-state index contributed by atoms with van der Waals surface area (Å²) in [7, 11) is 0. The molecule has 0 fully saturated rings. The Morgan fingerprint density at radius 2 is 2.00 bits per heavy atom. The van der Waals surface area contributed by atoms with Crippen LogP contribution in [0.25, 0.3) is 0 Å². The maximum absolute atomic E-state index is 12.1. The van der Waals surface area contributed by atoms with E-state index in [9.17, 15) is 4.79 Å². The van der Waals surface area contributed by atoms with Gasteiger partial charge in [-0.3, -0.25) is 4.79 Å². The molecule has 0 radical (unpaired) electrons. The Hall–Kier alpha value is -1.37. The SMILES string of the molecule is CC(CCC(=O)C1C=CC=CC1)C1C=CCC=CC1. The molecule has 102 valence electrons. The van der Waals surface area contributed by atoms with E-state index in [1.807, 2.05) is 18.2 Å². The Bertz CT molecular complexity index is 411. The number of hydrogen-bond donors (Lipinski definition) is 0. The number of Topliss-reactive ketones (excluding diaryl/α,β-unsaturated/α-hetero) is 1. The summed E-state index contributed by atoms with van der Waals surface area (Å²) in [5, 5.41) is 0. The fourth-order valence-electron chi connectivity index (χ4n) is 2.77. The van der Waals surface area contributed by atoms with Gasteiger partial charge in [-0.15, -0.1) is 0 Å². The van der Waals surface area contributed by atoms with Crippen LogP contribution in [-0.2, 0) is 4.79 Å². The van der Waals surface area contributed by atoms with Crippen molar-refractivity contribution in [3.05, 3.63) is 48.6 Å². The lowest BCUT2D eigenvalue weighted by Crippen LogP contribution is -2.16. The van der Waals surface area contributed by atoms with E-state index in [4.69, 9.17) is 0 Å². The monoisotopic (exact) mass is 256 g/mol. The Labute approximate surface area is 116 Å². The van der Waals surface area contributed by atoms with Gasteiger partial charge in [0.1, 0.15) is 5.78 Å². The summed E-state index contributed by atoms with van der Waals surface area (Å²) in [5.74, 6) is 1.72. The summed E-state index contributed by atoms with van der Waals surface area (Å²) >= 11 is 0. The first kappa shape index (κ1) is 14.0. The van der Waals surface area contributed by atoms with Gasteiger partial charge >= 0.3 is 0 Å². The fourth-order valence-corrected chi connectivity index (χ4v) is 2.77. The number of rotatable bonds is 5. The zero-order valence-electron chi connectivity index (χ0n) is 11.8. The van der Waals surface area contributed by atoms with Crippen LogP contribution in [0.3, 0.4) is 0 Å². The van der Waals surface area contributed by atoms with Crippen LogP contribution in [0.4, 0.5) is 0 Å². The third-order valence-corrected chi connectivity index (χ3v) is 4.20. The molecule has 2 aliphatic carbocycles. The van der Waals surface area contributed by atoms with E-state index >= 15 is 0 Å². The van der Waals surface area contributed by atoms with Crippen LogP contribution in [0.5, 0.6) is 0 Å². The number of carbonyl (C=O) groups is 1. The molecule has 0 bridgehead atoms. The molecule has 19 heavy (non-hydrogen) atoms. The first-order valence-electron chi connectivity index (χ1n) is 7.45. The first-order valence-corrected chi connectivity index (χ1v) is 7.45. The summed E-state index contributed by atoms with van der Waals surface area (Å²) in [5.41, 5.74) is 0. The molecule has 1 nitrogen and oxygen atoms in total. The van der Waals surface area contributed by atoms with Crippen LogP contribution in [0, 0.1) is 17.8 Å². The largest absolute Gasteiger partial charge is 0.299 e. The second-order valence-electron chi connectivity index (χ2n) is 5.67. The molecule has 0 saturated heterocycles. The summed E-state index contributed by atoms with van der Waals surface area (Å²) < 4.78 is 0. The van der Waals surface area contributed by atoms with E-state index in [0.717, 1.165) is 32.1 Å². The Morgan fingerprint density at radius 3 is 2.79 bits per heavy atom. The third kappa shape index (κ3) is 4.34. The van der Waals surface area contributed by atoms with E-state index in [1.54, 1.807) is 0 Å². The standard InChI is InChI=1S/C18H24O/c1-15(16-9-5-2-3-6-10-16)13-14-18(19)17-11-7-4-8-12-17/h2,4-8,10-11,15-17H,3,9,12-14H2,1H3. The topological polar surface area (TPSA) is 17.1 Å². The van der Waals surface area contributed by atoms with E-state index in [1.165, 1.54) is 0 Å². The minimum Gasteiger partial charge on any atom is -0.299 e. The van der Waals surface area contributed by atoms with Crippen LogP contribution in [0.1, 0.15) is 39.0 Å². The van der Waals surface area contributed by atoms with Gasteiger partial charge in [-0.1, -0.05) is 55.5 Å². The smallest absolute Gasteiger partial charge is 0.140 e. The van der Waals surface area contributed by atoms with Gasteiger partial charge in [0.15, 0.2) is 0 Å². The van der Waals surface area contributed by atoms with Crippen molar-refractivity contribution in [2.75, 3.05) is 0 Å². The van der Waals surface area contributed by atoms with Crippen LogP contribution in [0.15, 0.2) is 48.6 Å². The van der Waals surface area contributed by atoms with Crippen molar-refractivity contribution >= 4 is 5.78 Å². The van der Waals surface area contributed by atoms with E-state index in [2.05, 4.69) is 37.3 Å². The van der Waals surface area contributed by atoms with Crippen molar-refractivity contribution in [3.8, 4) is 0 Å². The minimum absolute atomic E-state index is 0.127. The molecule has 2 aliphatic rings. The van der Waals surface area contributed by atoms with Gasteiger partial charge < -0.3 is 0 Å². The summed E-state index contributed by atoms with van der Waals surface area (Å²) in [6.45, 7) is 2.28. The second-order valence-corrected chi connectivity index (χ2v) is 5.67. The molecule has 2 rings (SSSR count). The molecule has 3 unspecified atom stereocenters. The number of carbonyl (C=O) groups excluding carboxylic acids is 1. The van der Waals surface area contributed by atoms with Gasteiger partial charge in [-0.05, 0) is 37.5 Å². The molecule has 0 aliphatic heterocycles. The number of hydrogen-bond acceptors (Lipinski definition) is 1.